The van der Waals surface area contributed by atoms with Gasteiger partial charge in [0, 0.05) is 5.69 Å². The van der Waals surface area contributed by atoms with Crippen LogP contribution < -0.4 is 15.4 Å². The molecule has 1 aromatic carbocycles. The van der Waals surface area contributed by atoms with E-state index in [0.29, 0.717) is 22.0 Å². The van der Waals surface area contributed by atoms with Crippen LogP contribution in [-0.4, -0.2) is 17.9 Å². The van der Waals surface area contributed by atoms with E-state index in [1.807, 2.05) is 11.4 Å². The number of anilines is 2. The molecule has 0 radical (unpaired) electrons. The number of carbonyl (C=O) groups is 2. The summed E-state index contributed by atoms with van der Waals surface area (Å²) in [6.45, 7) is 1.69. The molecular weight excluding hydrogens is 276 g/mol. The van der Waals surface area contributed by atoms with Gasteiger partial charge in [-0.25, -0.2) is 0 Å². The number of amides is 2. The lowest BCUT2D eigenvalue weighted by molar-refractivity contribution is -0.122. The van der Waals surface area contributed by atoms with Crippen LogP contribution in [0.4, 0.5) is 11.4 Å². The summed E-state index contributed by atoms with van der Waals surface area (Å²) in [6, 6.07) is 8.74. The summed E-state index contributed by atoms with van der Waals surface area (Å²) >= 11 is 1.37. The van der Waals surface area contributed by atoms with Gasteiger partial charge in [-0.2, -0.15) is 0 Å². The Morgan fingerprint density at radius 3 is 3.00 bits per heavy atom. The molecule has 0 unspecified atom stereocenters. The molecule has 0 aliphatic carbocycles. The molecule has 2 heterocycles. The van der Waals surface area contributed by atoms with Crippen LogP contribution in [0.5, 0.6) is 5.75 Å². The van der Waals surface area contributed by atoms with Crippen LogP contribution in [-0.2, 0) is 4.79 Å². The summed E-state index contributed by atoms with van der Waals surface area (Å²) in [5.41, 5.74) is 1.18. The van der Waals surface area contributed by atoms with E-state index >= 15 is 0 Å². The fraction of sp³-hybridized carbons (Fsp3) is 0.143. The van der Waals surface area contributed by atoms with Gasteiger partial charge in [-0.1, -0.05) is 6.07 Å². The second-order valence-electron chi connectivity index (χ2n) is 4.39. The van der Waals surface area contributed by atoms with Crippen molar-refractivity contribution in [2.24, 2.45) is 0 Å². The largest absolute Gasteiger partial charge is 0.479 e. The predicted molar refractivity (Wildman–Crippen MR) is 77.4 cm³/mol. The molecule has 0 spiro atoms. The van der Waals surface area contributed by atoms with Gasteiger partial charge in [0.05, 0.1) is 10.6 Å². The van der Waals surface area contributed by atoms with Gasteiger partial charge in [0.25, 0.3) is 11.8 Å². The summed E-state index contributed by atoms with van der Waals surface area (Å²) in [5.74, 6) is 0.238. The third-order valence-corrected chi connectivity index (χ3v) is 3.78. The van der Waals surface area contributed by atoms with Crippen molar-refractivity contribution in [3.8, 4) is 5.75 Å². The molecule has 1 aliphatic rings. The van der Waals surface area contributed by atoms with Crippen molar-refractivity contribution in [2.45, 2.75) is 13.0 Å². The molecule has 5 nitrogen and oxygen atoms in total. The zero-order chi connectivity index (χ0) is 14.1. The second-order valence-corrected chi connectivity index (χ2v) is 5.34. The molecule has 6 heteroatoms. The lowest BCUT2D eigenvalue weighted by Gasteiger charge is -2.23. The lowest BCUT2D eigenvalue weighted by atomic mass is 10.2. The lowest BCUT2D eigenvalue weighted by Crippen LogP contribution is -2.34. The van der Waals surface area contributed by atoms with Crippen molar-refractivity contribution in [3.63, 3.8) is 0 Å². The molecule has 1 atom stereocenters. The molecule has 2 N–H and O–H groups in total. The average Bonchev–Trinajstić information content (AvgIpc) is 2.94. The van der Waals surface area contributed by atoms with E-state index in [1.165, 1.54) is 11.3 Å². The Hall–Kier alpha value is -2.34. The number of benzene rings is 1. The molecular formula is C14H12N2O3S. The molecule has 2 aromatic rings. The zero-order valence-corrected chi connectivity index (χ0v) is 11.5. The fourth-order valence-corrected chi connectivity index (χ4v) is 2.51. The van der Waals surface area contributed by atoms with Crippen LogP contribution in [0.3, 0.4) is 0 Å². The number of rotatable bonds is 2. The minimum absolute atomic E-state index is 0.170. The van der Waals surface area contributed by atoms with E-state index < -0.39 is 6.10 Å². The standard InChI is InChI=1S/C14H12N2O3S/c1-8-13(17)16-10-7-9(4-5-11(10)19-8)15-14(18)12-3-2-6-20-12/h2-8H,1H3,(H,15,18)(H,16,17)/t8-/m0/s1. The van der Waals surface area contributed by atoms with Gasteiger partial charge < -0.3 is 15.4 Å². The van der Waals surface area contributed by atoms with Gasteiger partial charge in [-0.3, -0.25) is 9.59 Å². The molecule has 1 aromatic heterocycles. The fourth-order valence-electron chi connectivity index (χ4n) is 1.89. The van der Waals surface area contributed by atoms with Gasteiger partial charge in [-0.15, -0.1) is 11.3 Å². The Labute approximate surface area is 119 Å². The third-order valence-electron chi connectivity index (χ3n) is 2.91. The first-order valence-electron chi connectivity index (χ1n) is 6.10. The number of nitrogens with one attached hydrogen (secondary N) is 2. The maximum atomic E-state index is 11.9. The smallest absolute Gasteiger partial charge is 0.265 e. The van der Waals surface area contributed by atoms with Crippen molar-refractivity contribution in [2.75, 3.05) is 10.6 Å². The minimum Gasteiger partial charge on any atom is -0.479 e. The molecule has 2 amide bonds. The average molecular weight is 288 g/mol. The molecule has 0 bridgehead atoms. The Morgan fingerprint density at radius 2 is 2.25 bits per heavy atom. The Morgan fingerprint density at radius 1 is 1.40 bits per heavy atom. The number of fused-ring (bicyclic) bond motifs is 1. The first kappa shape index (κ1) is 12.7. The highest BCUT2D eigenvalue weighted by atomic mass is 32.1. The van der Waals surface area contributed by atoms with Crippen molar-refractivity contribution in [1.82, 2.24) is 0 Å². The van der Waals surface area contributed by atoms with Gasteiger partial charge in [0.2, 0.25) is 0 Å². The van der Waals surface area contributed by atoms with Crippen molar-refractivity contribution in [3.05, 3.63) is 40.6 Å². The van der Waals surface area contributed by atoms with Crippen molar-refractivity contribution < 1.29 is 14.3 Å². The van der Waals surface area contributed by atoms with Gasteiger partial charge in [-0.05, 0) is 36.6 Å². The second kappa shape index (κ2) is 4.97. The van der Waals surface area contributed by atoms with Crippen LogP contribution >= 0.6 is 11.3 Å². The number of thiophene rings is 1. The molecule has 20 heavy (non-hydrogen) atoms. The number of carbonyl (C=O) groups excluding carboxylic acids is 2. The quantitative estimate of drug-likeness (QED) is 0.893. The molecule has 0 saturated carbocycles. The maximum absolute atomic E-state index is 11.9. The third kappa shape index (κ3) is 2.37. The summed E-state index contributed by atoms with van der Waals surface area (Å²) in [4.78, 5) is 24.1. The number of hydrogen-bond acceptors (Lipinski definition) is 4. The van der Waals surface area contributed by atoms with E-state index in [0.717, 1.165) is 0 Å². The van der Waals surface area contributed by atoms with E-state index in [2.05, 4.69) is 10.6 Å². The topological polar surface area (TPSA) is 67.4 Å². The van der Waals surface area contributed by atoms with Crippen LogP contribution in [0.2, 0.25) is 0 Å². The highest BCUT2D eigenvalue weighted by Crippen LogP contribution is 2.32. The van der Waals surface area contributed by atoms with Crippen LogP contribution in [0.25, 0.3) is 0 Å². The van der Waals surface area contributed by atoms with Crippen LogP contribution in [0.1, 0.15) is 16.6 Å². The molecule has 0 saturated heterocycles. The Bertz CT molecular complexity index is 667. The highest BCUT2D eigenvalue weighted by Gasteiger charge is 2.23. The molecule has 102 valence electrons. The Balaban J connectivity index is 1.81. The molecule has 0 fully saturated rings. The summed E-state index contributed by atoms with van der Waals surface area (Å²) in [5, 5.41) is 7.37. The van der Waals surface area contributed by atoms with E-state index in [1.54, 1.807) is 31.2 Å². The van der Waals surface area contributed by atoms with E-state index in [9.17, 15) is 9.59 Å². The van der Waals surface area contributed by atoms with E-state index in [-0.39, 0.29) is 11.8 Å². The Kier molecular flexibility index (Phi) is 3.15. The zero-order valence-electron chi connectivity index (χ0n) is 10.7. The monoisotopic (exact) mass is 288 g/mol. The first-order valence-corrected chi connectivity index (χ1v) is 6.98. The summed E-state index contributed by atoms with van der Waals surface area (Å²) < 4.78 is 5.45. The van der Waals surface area contributed by atoms with Gasteiger partial charge in [0.15, 0.2) is 6.10 Å². The number of ether oxygens (including phenoxy) is 1. The van der Waals surface area contributed by atoms with Crippen LogP contribution in [0.15, 0.2) is 35.7 Å². The van der Waals surface area contributed by atoms with Crippen molar-refractivity contribution in [1.29, 1.82) is 0 Å². The number of hydrogen-bond donors (Lipinski definition) is 2. The van der Waals surface area contributed by atoms with Crippen LogP contribution in [0, 0.1) is 0 Å². The van der Waals surface area contributed by atoms with Crippen molar-refractivity contribution >= 4 is 34.5 Å². The maximum Gasteiger partial charge on any atom is 0.265 e. The predicted octanol–water partition coefficient (Wildman–Crippen LogP) is 2.72. The summed E-state index contributed by atoms with van der Waals surface area (Å²) in [7, 11) is 0. The first-order chi connectivity index (χ1) is 9.63. The summed E-state index contributed by atoms with van der Waals surface area (Å²) in [6.07, 6.45) is -0.506. The molecule has 1 aliphatic heterocycles. The highest BCUT2D eigenvalue weighted by molar-refractivity contribution is 7.12. The minimum atomic E-state index is -0.506. The SMILES string of the molecule is C[C@@H]1Oc2ccc(NC(=O)c3cccs3)cc2NC1=O. The molecule has 3 rings (SSSR count). The van der Waals surface area contributed by atoms with Gasteiger partial charge >= 0.3 is 0 Å². The van der Waals surface area contributed by atoms with E-state index in [4.69, 9.17) is 4.74 Å². The normalized spacial score (nSPS) is 16.9. The van der Waals surface area contributed by atoms with Gasteiger partial charge in [0.1, 0.15) is 5.75 Å².